The Labute approximate surface area is 156 Å². The molecular weight excluding hydrogens is 352 g/mol. The van der Waals surface area contributed by atoms with Crippen LogP contribution in [0.4, 0.5) is 5.95 Å². The molecule has 140 valence electrons. The maximum atomic E-state index is 5.85. The maximum Gasteiger partial charge on any atom is 0.228 e. The molecule has 4 heterocycles. The summed E-state index contributed by atoms with van der Waals surface area (Å²) in [7, 11) is 0. The average Bonchev–Trinajstić information content (AvgIpc) is 3.16. The third-order valence-corrected chi connectivity index (χ3v) is 6.18. The van der Waals surface area contributed by atoms with Crippen molar-refractivity contribution in [2.75, 3.05) is 24.6 Å². The number of anilines is 1. The van der Waals surface area contributed by atoms with Crippen LogP contribution in [0.15, 0.2) is 9.57 Å². The first kappa shape index (κ1) is 16.6. The summed E-state index contributed by atoms with van der Waals surface area (Å²) in [5.41, 5.74) is 0. The number of rotatable bonds is 7. The van der Waals surface area contributed by atoms with Gasteiger partial charge in [-0.25, -0.2) is 0 Å². The summed E-state index contributed by atoms with van der Waals surface area (Å²) < 4.78 is 13.9. The fraction of sp³-hybridized carbons (Fsp3) is 0.765. The fourth-order valence-corrected chi connectivity index (χ4v) is 4.42. The summed E-state index contributed by atoms with van der Waals surface area (Å²) in [6, 6.07) is 0. The van der Waals surface area contributed by atoms with Crippen molar-refractivity contribution in [2.24, 2.45) is 0 Å². The van der Waals surface area contributed by atoms with Crippen LogP contribution in [0.1, 0.15) is 56.2 Å². The Kier molecular flexibility index (Phi) is 4.58. The lowest BCUT2D eigenvalue weighted by Crippen LogP contribution is -2.25. The van der Waals surface area contributed by atoms with Crippen LogP contribution in [0.5, 0.6) is 0 Å². The van der Waals surface area contributed by atoms with Crippen molar-refractivity contribution in [1.29, 1.82) is 0 Å². The van der Waals surface area contributed by atoms with E-state index in [1.807, 2.05) is 0 Å². The lowest BCUT2D eigenvalue weighted by atomic mass is 10.2. The highest BCUT2D eigenvalue weighted by Crippen LogP contribution is 2.39. The van der Waals surface area contributed by atoms with Crippen molar-refractivity contribution in [1.82, 2.24) is 25.0 Å². The monoisotopic (exact) mass is 376 g/mol. The van der Waals surface area contributed by atoms with Gasteiger partial charge < -0.3 is 14.1 Å². The predicted octanol–water partition coefficient (Wildman–Crippen LogP) is 2.61. The Morgan fingerprint density at radius 3 is 2.65 bits per heavy atom. The fourth-order valence-electron chi connectivity index (χ4n) is 3.64. The molecule has 1 atom stereocenters. The summed E-state index contributed by atoms with van der Waals surface area (Å²) in [6.45, 7) is 3.80. The smallest absolute Gasteiger partial charge is 0.228 e. The Hall–Kier alpha value is -1.61. The van der Waals surface area contributed by atoms with Gasteiger partial charge in [-0.15, -0.1) is 20.4 Å². The van der Waals surface area contributed by atoms with E-state index in [1.54, 1.807) is 11.8 Å². The summed E-state index contributed by atoms with van der Waals surface area (Å²) >= 11 is 1.62. The van der Waals surface area contributed by atoms with Crippen LogP contribution < -0.4 is 4.90 Å². The van der Waals surface area contributed by atoms with Crippen LogP contribution in [0, 0.1) is 0 Å². The normalized spacial score (nSPS) is 23.2. The van der Waals surface area contributed by atoms with Crippen LogP contribution in [0.3, 0.4) is 0 Å². The number of hydrogen-bond donors (Lipinski definition) is 0. The van der Waals surface area contributed by atoms with Crippen molar-refractivity contribution in [2.45, 2.75) is 68.0 Å². The maximum absolute atomic E-state index is 5.85. The molecule has 0 aromatic carbocycles. The van der Waals surface area contributed by atoms with E-state index in [2.05, 4.69) is 29.9 Å². The van der Waals surface area contributed by atoms with E-state index in [0.717, 1.165) is 56.1 Å². The van der Waals surface area contributed by atoms with Crippen LogP contribution in [-0.2, 0) is 17.0 Å². The van der Waals surface area contributed by atoms with Gasteiger partial charge in [0.05, 0.1) is 18.4 Å². The molecule has 0 amide bonds. The second-order valence-electron chi connectivity index (χ2n) is 7.32. The Bertz CT molecular complexity index is 746. The van der Waals surface area contributed by atoms with Gasteiger partial charge in [-0.1, -0.05) is 11.8 Å². The molecule has 8 nitrogen and oxygen atoms in total. The molecule has 26 heavy (non-hydrogen) atoms. The highest BCUT2D eigenvalue weighted by atomic mass is 32.2. The topological polar surface area (TPSA) is 82.1 Å². The molecule has 9 heteroatoms. The molecular formula is C17H24N6O2S. The van der Waals surface area contributed by atoms with Gasteiger partial charge in [0.1, 0.15) is 0 Å². The van der Waals surface area contributed by atoms with Gasteiger partial charge in [-0.3, -0.25) is 4.57 Å². The van der Waals surface area contributed by atoms with Crippen LogP contribution in [0.25, 0.3) is 0 Å². The molecule has 0 N–H and O–H groups in total. The number of nitrogens with zero attached hydrogens (tertiary/aromatic N) is 6. The molecule has 3 fully saturated rings. The molecule has 5 rings (SSSR count). The van der Waals surface area contributed by atoms with Gasteiger partial charge >= 0.3 is 0 Å². The van der Waals surface area contributed by atoms with Crippen molar-refractivity contribution in [3.8, 4) is 0 Å². The standard InChI is InChI=1S/C17H24N6O2S/c1-2-8-22(7-1)16-20-21-17(23(16)10-13-4-3-9-24-13)26-11-14-18-19-15(25-14)12-5-6-12/h12-13H,1-11H2/t13-/m1/s1. The SMILES string of the molecule is C1CO[C@@H](Cn2c(SCc3nnc(C4CC4)o3)nnc2N2CCCC2)C1. The molecule has 2 saturated heterocycles. The number of hydrogen-bond acceptors (Lipinski definition) is 8. The first-order valence-corrected chi connectivity index (χ1v) is 10.6. The summed E-state index contributed by atoms with van der Waals surface area (Å²) in [6.07, 6.45) is 7.29. The average molecular weight is 376 g/mol. The summed E-state index contributed by atoms with van der Waals surface area (Å²) in [4.78, 5) is 2.34. The molecule has 2 aromatic heterocycles. The first-order chi connectivity index (χ1) is 12.9. The number of aromatic nitrogens is 5. The van der Waals surface area contributed by atoms with Crippen LogP contribution >= 0.6 is 11.8 Å². The molecule has 2 aromatic rings. The van der Waals surface area contributed by atoms with Crippen LogP contribution in [-0.4, -0.2) is 50.8 Å². The molecule has 0 spiro atoms. The lowest BCUT2D eigenvalue weighted by Gasteiger charge is -2.20. The van der Waals surface area contributed by atoms with Gasteiger partial charge in [0.25, 0.3) is 0 Å². The Morgan fingerprint density at radius 2 is 1.88 bits per heavy atom. The molecule has 1 aliphatic carbocycles. The minimum absolute atomic E-state index is 0.261. The summed E-state index contributed by atoms with van der Waals surface area (Å²) in [5, 5.41) is 18.2. The number of ether oxygens (including phenoxy) is 1. The summed E-state index contributed by atoms with van der Waals surface area (Å²) in [5.74, 6) is 3.56. The largest absolute Gasteiger partial charge is 0.424 e. The third kappa shape index (κ3) is 3.46. The zero-order valence-electron chi connectivity index (χ0n) is 14.8. The Balaban J connectivity index is 1.32. The predicted molar refractivity (Wildman–Crippen MR) is 96.3 cm³/mol. The lowest BCUT2D eigenvalue weighted by molar-refractivity contribution is 0.0952. The van der Waals surface area contributed by atoms with Crippen molar-refractivity contribution in [3.05, 3.63) is 11.8 Å². The van der Waals surface area contributed by atoms with Crippen LogP contribution in [0.2, 0.25) is 0 Å². The Morgan fingerprint density at radius 1 is 1.00 bits per heavy atom. The highest BCUT2D eigenvalue weighted by Gasteiger charge is 2.30. The third-order valence-electron chi connectivity index (χ3n) is 5.23. The molecule has 0 bridgehead atoms. The molecule has 0 radical (unpaired) electrons. The van der Waals surface area contributed by atoms with Gasteiger partial charge in [0, 0.05) is 25.6 Å². The quantitative estimate of drug-likeness (QED) is 0.682. The second kappa shape index (κ2) is 7.19. The zero-order valence-corrected chi connectivity index (χ0v) is 15.7. The first-order valence-electron chi connectivity index (χ1n) is 9.61. The van der Waals surface area contributed by atoms with E-state index in [9.17, 15) is 0 Å². The van der Waals surface area contributed by atoms with E-state index in [-0.39, 0.29) is 6.10 Å². The highest BCUT2D eigenvalue weighted by molar-refractivity contribution is 7.98. The molecule has 0 unspecified atom stereocenters. The number of thioether (sulfide) groups is 1. The zero-order chi connectivity index (χ0) is 17.3. The molecule has 2 aliphatic heterocycles. The van der Waals surface area contributed by atoms with E-state index < -0.39 is 0 Å². The van der Waals surface area contributed by atoms with Crippen molar-refractivity contribution in [3.63, 3.8) is 0 Å². The van der Waals surface area contributed by atoms with E-state index >= 15 is 0 Å². The minimum atomic E-state index is 0.261. The molecule has 1 saturated carbocycles. The van der Waals surface area contributed by atoms with Crippen molar-refractivity contribution >= 4 is 17.7 Å². The van der Waals surface area contributed by atoms with E-state index in [4.69, 9.17) is 9.15 Å². The van der Waals surface area contributed by atoms with E-state index in [0.29, 0.717) is 17.6 Å². The molecule has 3 aliphatic rings. The second-order valence-corrected chi connectivity index (χ2v) is 8.26. The van der Waals surface area contributed by atoms with Gasteiger partial charge in [0.2, 0.25) is 17.7 Å². The minimum Gasteiger partial charge on any atom is -0.424 e. The van der Waals surface area contributed by atoms with Gasteiger partial charge in [-0.2, -0.15) is 0 Å². The van der Waals surface area contributed by atoms with E-state index in [1.165, 1.54) is 25.7 Å². The van der Waals surface area contributed by atoms with Gasteiger partial charge in [-0.05, 0) is 38.5 Å². The van der Waals surface area contributed by atoms with Crippen molar-refractivity contribution < 1.29 is 9.15 Å². The van der Waals surface area contributed by atoms with Gasteiger partial charge in [0.15, 0.2) is 5.16 Å².